The number of hydrogen-bond acceptors (Lipinski definition) is 2. The lowest BCUT2D eigenvalue weighted by Crippen LogP contribution is -2.35. The zero-order valence-corrected chi connectivity index (χ0v) is 10.5. The Balaban J connectivity index is 1.77. The summed E-state index contributed by atoms with van der Waals surface area (Å²) in [6, 6.07) is 7.46. The number of anilines is 1. The Morgan fingerprint density at radius 3 is 2.76 bits per heavy atom. The largest absolute Gasteiger partial charge is 0.382 e. The Morgan fingerprint density at radius 1 is 1.06 bits per heavy atom. The number of rotatable bonds is 2. The number of aryl methyl sites for hydroxylation is 1. The van der Waals surface area contributed by atoms with Crippen molar-refractivity contribution in [1.82, 2.24) is 5.32 Å². The third kappa shape index (κ3) is 2.47. The summed E-state index contributed by atoms with van der Waals surface area (Å²) in [6.45, 7) is 2.32. The molecule has 0 spiro atoms. The molecule has 0 unspecified atom stereocenters. The molecular weight excluding hydrogens is 208 g/mol. The van der Waals surface area contributed by atoms with E-state index in [4.69, 9.17) is 0 Å². The minimum Gasteiger partial charge on any atom is -0.382 e. The van der Waals surface area contributed by atoms with Crippen LogP contribution in [0.4, 0.5) is 5.69 Å². The summed E-state index contributed by atoms with van der Waals surface area (Å²) in [5.74, 6) is 0. The van der Waals surface area contributed by atoms with Crippen LogP contribution in [0.15, 0.2) is 18.2 Å². The molecule has 1 aromatic rings. The molecule has 2 N–H and O–H groups in total. The van der Waals surface area contributed by atoms with Gasteiger partial charge in [-0.2, -0.15) is 0 Å². The van der Waals surface area contributed by atoms with Crippen LogP contribution < -0.4 is 10.6 Å². The highest BCUT2D eigenvalue weighted by Gasteiger charge is 2.17. The molecule has 0 radical (unpaired) electrons. The summed E-state index contributed by atoms with van der Waals surface area (Å²) in [4.78, 5) is 0. The van der Waals surface area contributed by atoms with Gasteiger partial charge in [-0.25, -0.2) is 0 Å². The SMILES string of the molecule is c1cc2c(c(NC3CCNCC3)c1)CCCC2. The van der Waals surface area contributed by atoms with E-state index in [0.29, 0.717) is 6.04 Å². The molecule has 1 aliphatic carbocycles. The molecule has 1 aliphatic heterocycles. The molecule has 0 atom stereocenters. The van der Waals surface area contributed by atoms with Gasteiger partial charge in [0.25, 0.3) is 0 Å². The number of benzene rings is 1. The zero-order valence-electron chi connectivity index (χ0n) is 10.5. The van der Waals surface area contributed by atoms with Gasteiger partial charge in [-0.1, -0.05) is 12.1 Å². The molecule has 3 rings (SSSR count). The van der Waals surface area contributed by atoms with E-state index in [0.717, 1.165) is 13.1 Å². The molecule has 0 saturated carbocycles. The normalized spacial score (nSPS) is 20.9. The van der Waals surface area contributed by atoms with Crippen LogP contribution >= 0.6 is 0 Å². The molecule has 0 bridgehead atoms. The van der Waals surface area contributed by atoms with E-state index in [-0.39, 0.29) is 0 Å². The summed E-state index contributed by atoms with van der Waals surface area (Å²) in [5.41, 5.74) is 4.58. The minimum absolute atomic E-state index is 0.671. The van der Waals surface area contributed by atoms with Crippen LogP contribution in [0.3, 0.4) is 0 Å². The smallest absolute Gasteiger partial charge is 0.0377 e. The molecule has 2 nitrogen and oxygen atoms in total. The van der Waals surface area contributed by atoms with Gasteiger partial charge in [-0.3, -0.25) is 0 Å². The topological polar surface area (TPSA) is 24.1 Å². The molecule has 1 fully saturated rings. The lowest BCUT2D eigenvalue weighted by molar-refractivity contribution is 0.478. The lowest BCUT2D eigenvalue weighted by Gasteiger charge is -2.27. The Bertz CT molecular complexity index is 381. The molecule has 92 valence electrons. The van der Waals surface area contributed by atoms with Gasteiger partial charge in [0.15, 0.2) is 0 Å². The molecule has 17 heavy (non-hydrogen) atoms. The van der Waals surface area contributed by atoms with E-state index in [2.05, 4.69) is 28.8 Å². The maximum atomic E-state index is 3.77. The predicted molar refractivity (Wildman–Crippen MR) is 72.6 cm³/mol. The van der Waals surface area contributed by atoms with Crippen LogP contribution in [0.1, 0.15) is 36.8 Å². The van der Waals surface area contributed by atoms with Crippen LogP contribution in [0.25, 0.3) is 0 Å². The van der Waals surface area contributed by atoms with Crippen LogP contribution in [-0.2, 0) is 12.8 Å². The monoisotopic (exact) mass is 230 g/mol. The van der Waals surface area contributed by atoms with Crippen LogP contribution in [0.2, 0.25) is 0 Å². The Kier molecular flexibility index (Phi) is 3.32. The van der Waals surface area contributed by atoms with Crippen molar-refractivity contribution in [2.75, 3.05) is 18.4 Å². The summed E-state index contributed by atoms with van der Waals surface area (Å²) in [7, 11) is 0. The first-order valence-corrected chi connectivity index (χ1v) is 7.01. The fourth-order valence-corrected chi connectivity index (χ4v) is 3.10. The molecule has 0 amide bonds. The first kappa shape index (κ1) is 11.1. The highest BCUT2D eigenvalue weighted by atomic mass is 15.0. The number of piperidine rings is 1. The second kappa shape index (κ2) is 5.09. The third-order valence-electron chi connectivity index (χ3n) is 4.09. The van der Waals surface area contributed by atoms with Crippen molar-refractivity contribution >= 4 is 5.69 Å². The van der Waals surface area contributed by atoms with Gasteiger partial charge in [0.2, 0.25) is 0 Å². The molecule has 2 heteroatoms. The first-order valence-electron chi connectivity index (χ1n) is 7.01. The van der Waals surface area contributed by atoms with E-state index in [1.165, 1.54) is 44.2 Å². The fraction of sp³-hybridized carbons (Fsp3) is 0.600. The van der Waals surface area contributed by atoms with E-state index < -0.39 is 0 Å². The maximum absolute atomic E-state index is 3.77. The van der Waals surface area contributed by atoms with E-state index in [1.807, 2.05) is 0 Å². The number of fused-ring (bicyclic) bond motifs is 1. The second-order valence-electron chi connectivity index (χ2n) is 5.32. The van der Waals surface area contributed by atoms with E-state index >= 15 is 0 Å². The van der Waals surface area contributed by atoms with Crippen LogP contribution in [-0.4, -0.2) is 19.1 Å². The molecule has 1 saturated heterocycles. The van der Waals surface area contributed by atoms with Gasteiger partial charge in [-0.05, 0) is 68.8 Å². The average molecular weight is 230 g/mol. The highest BCUT2D eigenvalue weighted by Crippen LogP contribution is 2.28. The minimum atomic E-state index is 0.671. The standard InChI is InChI=1S/C15H22N2/c1-2-6-14-12(4-1)5-3-7-15(14)17-13-8-10-16-11-9-13/h3,5,7,13,16-17H,1-2,4,6,8-11H2. The Labute approximate surface area is 104 Å². The fourth-order valence-electron chi connectivity index (χ4n) is 3.10. The maximum Gasteiger partial charge on any atom is 0.0377 e. The van der Waals surface area contributed by atoms with Crippen molar-refractivity contribution in [3.8, 4) is 0 Å². The zero-order chi connectivity index (χ0) is 11.5. The van der Waals surface area contributed by atoms with E-state index in [1.54, 1.807) is 11.1 Å². The van der Waals surface area contributed by atoms with Crippen molar-refractivity contribution in [3.05, 3.63) is 29.3 Å². The van der Waals surface area contributed by atoms with Crippen molar-refractivity contribution in [3.63, 3.8) is 0 Å². The second-order valence-corrected chi connectivity index (χ2v) is 5.32. The van der Waals surface area contributed by atoms with Crippen LogP contribution in [0.5, 0.6) is 0 Å². The van der Waals surface area contributed by atoms with Crippen molar-refractivity contribution in [2.45, 2.75) is 44.6 Å². The average Bonchev–Trinajstić information content (AvgIpc) is 2.40. The van der Waals surface area contributed by atoms with Gasteiger partial charge < -0.3 is 10.6 Å². The number of hydrogen-bond donors (Lipinski definition) is 2. The van der Waals surface area contributed by atoms with Crippen molar-refractivity contribution in [1.29, 1.82) is 0 Å². The molecule has 1 heterocycles. The van der Waals surface area contributed by atoms with Crippen molar-refractivity contribution in [2.24, 2.45) is 0 Å². The summed E-state index contributed by atoms with van der Waals surface area (Å²) in [5, 5.41) is 7.19. The van der Waals surface area contributed by atoms with Crippen LogP contribution in [0, 0.1) is 0 Å². The molecule has 0 aromatic heterocycles. The predicted octanol–water partition coefficient (Wildman–Crippen LogP) is 2.73. The summed E-state index contributed by atoms with van der Waals surface area (Å²) >= 11 is 0. The highest BCUT2D eigenvalue weighted by molar-refractivity contribution is 5.56. The van der Waals surface area contributed by atoms with Gasteiger partial charge in [0, 0.05) is 11.7 Å². The third-order valence-corrected chi connectivity index (χ3v) is 4.09. The molecule has 1 aromatic carbocycles. The van der Waals surface area contributed by atoms with Gasteiger partial charge in [-0.15, -0.1) is 0 Å². The molecule has 2 aliphatic rings. The Morgan fingerprint density at radius 2 is 1.88 bits per heavy atom. The van der Waals surface area contributed by atoms with Crippen molar-refractivity contribution < 1.29 is 0 Å². The quantitative estimate of drug-likeness (QED) is 0.816. The van der Waals surface area contributed by atoms with Gasteiger partial charge in [0.05, 0.1) is 0 Å². The van der Waals surface area contributed by atoms with Gasteiger partial charge in [0.1, 0.15) is 0 Å². The summed E-state index contributed by atoms with van der Waals surface area (Å²) < 4.78 is 0. The molecular formula is C15H22N2. The van der Waals surface area contributed by atoms with Gasteiger partial charge >= 0.3 is 0 Å². The first-order chi connectivity index (χ1) is 8.43. The van der Waals surface area contributed by atoms with E-state index in [9.17, 15) is 0 Å². The summed E-state index contributed by atoms with van der Waals surface area (Å²) in [6.07, 6.45) is 7.77. The number of nitrogens with one attached hydrogen (secondary N) is 2. The lowest BCUT2D eigenvalue weighted by atomic mass is 9.90. The Hall–Kier alpha value is -1.02.